The van der Waals surface area contributed by atoms with Crippen LogP contribution in [0.2, 0.25) is 0 Å². The molecule has 21 heavy (non-hydrogen) atoms. The molecule has 2 aromatic rings. The Morgan fingerprint density at radius 1 is 1.38 bits per heavy atom. The maximum absolute atomic E-state index is 11.4. The van der Waals surface area contributed by atoms with E-state index in [4.69, 9.17) is 10.5 Å². The summed E-state index contributed by atoms with van der Waals surface area (Å²) >= 11 is 1.20. The molecule has 2 aromatic heterocycles. The van der Waals surface area contributed by atoms with Crippen LogP contribution in [-0.4, -0.2) is 33.6 Å². The van der Waals surface area contributed by atoms with Crippen LogP contribution in [-0.2, 0) is 11.3 Å². The lowest BCUT2D eigenvalue weighted by Crippen LogP contribution is -2.10. The molecule has 0 aromatic carbocycles. The Labute approximate surface area is 125 Å². The Balaban J connectivity index is 2.31. The van der Waals surface area contributed by atoms with Crippen molar-refractivity contribution in [3.05, 3.63) is 28.3 Å². The monoisotopic (exact) mass is 308 g/mol. The van der Waals surface area contributed by atoms with Gasteiger partial charge in [0.25, 0.3) is 5.56 Å². The number of hydrogen-bond acceptors (Lipinski definition) is 8. The first-order valence-corrected chi connectivity index (χ1v) is 7.08. The molecular formula is C12H16N6O2S. The Kier molecular flexibility index (Phi) is 5.12. The summed E-state index contributed by atoms with van der Waals surface area (Å²) in [6.45, 7) is 3.01. The number of nitrogen functional groups attached to an aromatic ring is 1. The fourth-order valence-corrected chi connectivity index (χ4v) is 2.41. The standard InChI is InChI=1S/C12H16N6O2S/c1-3-14-8-5-11(17-9(16-8)6-20-2)21-12-15-7(13)4-10(19)18-12/h4-5H,3,6H2,1-2H3,(H,14,16,17)(H3,13,15,18,19). The molecule has 2 rings (SSSR count). The fraction of sp³-hybridized carbons (Fsp3) is 0.333. The molecule has 0 aliphatic carbocycles. The van der Waals surface area contributed by atoms with Crippen molar-refractivity contribution in [2.75, 3.05) is 24.7 Å². The van der Waals surface area contributed by atoms with E-state index in [9.17, 15) is 4.79 Å². The van der Waals surface area contributed by atoms with E-state index < -0.39 is 0 Å². The van der Waals surface area contributed by atoms with Crippen LogP contribution < -0.4 is 16.6 Å². The summed E-state index contributed by atoms with van der Waals surface area (Å²) in [5, 5.41) is 4.14. The van der Waals surface area contributed by atoms with Gasteiger partial charge >= 0.3 is 0 Å². The van der Waals surface area contributed by atoms with Gasteiger partial charge in [-0.3, -0.25) is 4.79 Å². The van der Waals surface area contributed by atoms with Crippen LogP contribution in [0.4, 0.5) is 11.6 Å². The number of nitrogens with two attached hydrogens (primary N) is 1. The number of rotatable bonds is 6. The Morgan fingerprint density at radius 3 is 2.86 bits per heavy atom. The zero-order valence-corrected chi connectivity index (χ0v) is 12.5. The molecule has 112 valence electrons. The van der Waals surface area contributed by atoms with Crippen molar-refractivity contribution >= 4 is 23.4 Å². The van der Waals surface area contributed by atoms with Crippen LogP contribution in [0, 0.1) is 0 Å². The second kappa shape index (κ2) is 7.04. The first kappa shape index (κ1) is 15.3. The highest BCUT2D eigenvalue weighted by molar-refractivity contribution is 7.99. The summed E-state index contributed by atoms with van der Waals surface area (Å²) in [5.41, 5.74) is 5.26. The highest BCUT2D eigenvalue weighted by atomic mass is 32.2. The number of aromatic amines is 1. The van der Waals surface area contributed by atoms with Crippen LogP contribution in [0.15, 0.2) is 27.1 Å². The summed E-state index contributed by atoms with van der Waals surface area (Å²) in [6, 6.07) is 3.00. The SMILES string of the molecule is CCNc1cc(Sc2nc(N)cc(=O)[nH]2)nc(COC)n1. The molecule has 0 atom stereocenters. The average molecular weight is 308 g/mol. The number of nitrogens with zero attached hydrogens (tertiary/aromatic N) is 3. The predicted molar refractivity (Wildman–Crippen MR) is 80.3 cm³/mol. The van der Waals surface area contributed by atoms with E-state index in [1.807, 2.05) is 6.92 Å². The molecule has 0 fully saturated rings. The number of methoxy groups -OCH3 is 1. The zero-order valence-electron chi connectivity index (χ0n) is 11.7. The second-order valence-corrected chi connectivity index (χ2v) is 5.06. The van der Waals surface area contributed by atoms with Crippen molar-refractivity contribution in [3.63, 3.8) is 0 Å². The van der Waals surface area contributed by atoms with Crippen molar-refractivity contribution < 1.29 is 4.74 Å². The number of aromatic nitrogens is 4. The highest BCUT2D eigenvalue weighted by Crippen LogP contribution is 2.24. The fourth-order valence-electron chi connectivity index (χ4n) is 1.59. The first-order chi connectivity index (χ1) is 10.1. The van der Waals surface area contributed by atoms with Crippen LogP contribution in [0.5, 0.6) is 0 Å². The molecule has 0 saturated carbocycles. The number of anilines is 2. The third kappa shape index (κ3) is 4.43. The first-order valence-electron chi connectivity index (χ1n) is 6.26. The molecule has 0 spiro atoms. The molecule has 9 heteroatoms. The Bertz CT molecular complexity index is 651. The molecular weight excluding hydrogens is 292 g/mol. The van der Waals surface area contributed by atoms with Gasteiger partial charge in [0.15, 0.2) is 11.0 Å². The summed E-state index contributed by atoms with van der Waals surface area (Å²) < 4.78 is 5.05. The van der Waals surface area contributed by atoms with Crippen molar-refractivity contribution in [1.82, 2.24) is 19.9 Å². The van der Waals surface area contributed by atoms with Gasteiger partial charge in [-0.05, 0) is 18.7 Å². The van der Waals surface area contributed by atoms with Crippen LogP contribution in [0.3, 0.4) is 0 Å². The highest BCUT2D eigenvalue weighted by Gasteiger charge is 2.08. The molecule has 0 radical (unpaired) electrons. The Morgan fingerprint density at radius 2 is 2.19 bits per heavy atom. The maximum Gasteiger partial charge on any atom is 0.253 e. The van der Waals surface area contributed by atoms with E-state index in [1.54, 1.807) is 13.2 Å². The van der Waals surface area contributed by atoms with Crippen LogP contribution >= 0.6 is 11.8 Å². The number of nitrogens with one attached hydrogen (secondary N) is 2. The molecule has 2 heterocycles. The van der Waals surface area contributed by atoms with Crippen molar-refractivity contribution in [2.24, 2.45) is 0 Å². The lowest BCUT2D eigenvalue weighted by molar-refractivity contribution is 0.177. The molecule has 0 saturated heterocycles. The van der Waals surface area contributed by atoms with Gasteiger partial charge in [0, 0.05) is 25.8 Å². The maximum atomic E-state index is 11.4. The van der Waals surface area contributed by atoms with E-state index in [1.165, 1.54) is 17.8 Å². The topological polar surface area (TPSA) is 119 Å². The van der Waals surface area contributed by atoms with Gasteiger partial charge in [0.1, 0.15) is 23.3 Å². The zero-order chi connectivity index (χ0) is 15.2. The molecule has 0 aliphatic heterocycles. The van der Waals surface area contributed by atoms with E-state index in [0.29, 0.717) is 28.4 Å². The van der Waals surface area contributed by atoms with Gasteiger partial charge in [-0.2, -0.15) is 0 Å². The third-order valence-electron chi connectivity index (χ3n) is 2.32. The van der Waals surface area contributed by atoms with Gasteiger partial charge in [-0.1, -0.05) is 0 Å². The number of H-pyrrole nitrogens is 1. The largest absolute Gasteiger partial charge is 0.383 e. The van der Waals surface area contributed by atoms with Crippen molar-refractivity contribution in [2.45, 2.75) is 23.7 Å². The molecule has 0 bridgehead atoms. The lowest BCUT2D eigenvalue weighted by Gasteiger charge is -2.08. The minimum absolute atomic E-state index is 0.166. The molecule has 0 amide bonds. The molecule has 8 nitrogen and oxygen atoms in total. The molecule has 4 N–H and O–H groups in total. The minimum atomic E-state index is -0.303. The molecule has 0 aliphatic rings. The summed E-state index contributed by atoms with van der Waals surface area (Å²) in [6.07, 6.45) is 0. The van der Waals surface area contributed by atoms with Crippen molar-refractivity contribution in [3.8, 4) is 0 Å². The number of hydrogen-bond donors (Lipinski definition) is 3. The lowest BCUT2D eigenvalue weighted by atomic mass is 10.5. The quantitative estimate of drug-likeness (QED) is 0.531. The van der Waals surface area contributed by atoms with Gasteiger partial charge in [-0.25, -0.2) is 15.0 Å². The van der Waals surface area contributed by atoms with Gasteiger partial charge in [-0.15, -0.1) is 0 Å². The van der Waals surface area contributed by atoms with Gasteiger partial charge in [0.2, 0.25) is 0 Å². The average Bonchev–Trinajstić information content (AvgIpc) is 2.37. The van der Waals surface area contributed by atoms with Gasteiger partial charge in [0.05, 0.1) is 0 Å². The van der Waals surface area contributed by atoms with Crippen LogP contribution in [0.1, 0.15) is 12.7 Å². The summed E-state index contributed by atoms with van der Waals surface area (Å²) in [7, 11) is 1.58. The number of ether oxygens (including phenoxy) is 1. The van der Waals surface area contributed by atoms with E-state index in [0.717, 1.165) is 6.54 Å². The van der Waals surface area contributed by atoms with E-state index >= 15 is 0 Å². The third-order valence-corrected chi connectivity index (χ3v) is 3.13. The predicted octanol–water partition coefficient (Wildman–Crippen LogP) is 0.871. The second-order valence-electron chi connectivity index (χ2n) is 4.05. The summed E-state index contributed by atoms with van der Waals surface area (Å²) in [4.78, 5) is 26.7. The molecule has 0 unspecified atom stereocenters. The van der Waals surface area contributed by atoms with Crippen molar-refractivity contribution in [1.29, 1.82) is 0 Å². The van der Waals surface area contributed by atoms with Crippen LogP contribution in [0.25, 0.3) is 0 Å². The minimum Gasteiger partial charge on any atom is -0.383 e. The van der Waals surface area contributed by atoms with E-state index in [-0.39, 0.29) is 11.4 Å². The Hall–Kier alpha value is -2.13. The normalized spacial score (nSPS) is 10.6. The van der Waals surface area contributed by atoms with Gasteiger partial charge < -0.3 is 20.8 Å². The summed E-state index contributed by atoms with van der Waals surface area (Å²) in [5.74, 6) is 1.40. The van der Waals surface area contributed by atoms with E-state index in [2.05, 4.69) is 25.3 Å². The smallest absolute Gasteiger partial charge is 0.253 e.